The quantitative estimate of drug-likeness (QED) is 0.401. The zero-order chi connectivity index (χ0) is 18.4. The number of rotatable bonds is 6. The van der Waals surface area contributed by atoms with E-state index >= 15 is 0 Å². The number of nitrogens with one attached hydrogen (secondary N) is 3. The summed E-state index contributed by atoms with van der Waals surface area (Å²) in [5.74, 6) is 0. The maximum absolute atomic E-state index is 11.9. The van der Waals surface area contributed by atoms with Gasteiger partial charge < -0.3 is 10.6 Å². The van der Waals surface area contributed by atoms with Crippen molar-refractivity contribution in [3.8, 4) is 0 Å². The lowest BCUT2D eigenvalue weighted by Gasteiger charge is -2.11. The summed E-state index contributed by atoms with van der Waals surface area (Å²) < 4.78 is 26.1. The van der Waals surface area contributed by atoms with Crippen LogP contribution in [0.25, 0.3) is 0 Å². The summed E-state index contributed by atoms with van der Waals surface area (Å²) in [6.45, 7) is 2.01. The SMILES string of the molecule is CCNS(=O)(=O)c1ccc(NC(=S)Nc2cccc([N+](=O)[O-])c2)cc1. The Kier molecular flexibility index (Phi) is 6.02. The molecular weight excluding hydrogens is 364 g/mol. The molecule has 0 aliphatic heterocycles. The largest absolute Gasteiger partial charge is 0.332 e. The van der Waals surface area contributed by atoms with E-state index in [-0.39, 0.29) is 15.7 Å². The Morgan fingerprint density at radius 3 is 2.36 bits per heavy atom. The molecule has 0 saturated heterocycles. The smallest absolute Gasteiger partial charge is 0.271 e. The lowest BCUT2D eigenvalue weighted by molar-refractivity contribution is -0.384. The molecule has 0 aromatic heterocycles. The Balaban J connectivity index is 2.04. The van der Waals surface area contributed by atoms with Crippen LogP contribution in [0.3, 0.4) is 0 Å². The van der Waals surface area contributed by atoms with Crippen molar-refractivity contribution >= 4 is 44.4 Å². The standard InChI is InChI=1S/C15H16N4O4S2/c1-2-16-25(22,23)14-8-6-11(7-9-14)17-15(24)18-12-4-3-5-13(10-12)19(20)21/h3-10,16H,2H2,1H3,(H2,17,18,24). The highest BCUT2D eigenvalue weighted by molar-refractivity contribution is 7.89. The number of nitro groups is 1. The molecule has 10 heteroatoms. The van der Waals surface area contributed by atoms with Crippen LogP contribution in [0.15, 0.2) is 53.4 Å². The molecule has 0 radical (unpaired) electrons. The maximum Gasteiger partial charge on any atom is 0.271 e. The van der Waals surface area contributed by atoms with Gasteiger partial charge in [-0.15, -0.1) is 0 Å². The highest BCUT2D eigenvalue weighted by Crippen LogP contribution is 2.18. The van der Waals surface area contributed by atoms with Crippen LogP contribution < -0.4 is 15.4 Å². The van der Waals surface area contributed by atoms with Crippen molar-refractivity contribution in [3.63, 3.8) is 0 Å². The van der Waals surface area contributed by atoms with Gasteiger partial charge in [0.15, 0.2) is 5.11 Å². The van der Waals surface area contributed by atoms with Crippen molar-refractivity contribution in [3.05, 3.63) is 58.6 Å². The van der Waals surface area contributed by atoms with Crippen molar-refractivity contribution in [1.82, 2.24) is 4.72 Å². The number of anilines is 2. The van der Waals surface area contributed by atoms with Crippen molar-refractivity contribution in [2.45, 2.75) is 11.8 Å². The van der Waals surface area contributed by atoms with Crippen molar-refractivity contribution in [2.75, 3.05) is 17.2 Å². The Labute approximate surface area is 150 Å². The lowest BCUT2D eigenvalue weighted by atomic mass is 10.3. The molecule has 0 heterocycles. The first-order valence-electron chi connectivity index (χ1n) is 7.24. The highest BCUT2D eigenvalue weighted by Gasteiger charge is 2.12. The number of non-ortho nitro benzene ring substituents is 1. The number of hydrogen-bond acceptors (Lipinski definition) is 5. The molecule has 0 aliphatic rings. The maximum atomic E-state index is 11.9. The monoisotopic (exact) mass is 380 g/mol. The van der Waals surface area contributed by atoms with E-state index in [2.05, 4.69) is 15.4 Å². The Morgan fingerprint density at radius 1 is 1.12 bits per heavy atom. The molecule has 0 fully saturated rings. The van der Waals surface area contributed by atoms with Crippen LogP contribution in [0, 0.1) is 10.1 Å². The minimum atomic E-state index is -3.51. The van der Waals surface area contributed by atoms with Crippen molar-refractivity contribution < 1.29 is 13.3 Å². The Bertz CT molecular complexity index is 883. The Morgan fingerprint density at radius 2 is 1.76 bits per heavy atom. The molecule has 8 nitrogen and oxygen atoms in total. The molecule has 25 heavy (non-hydrogen) atoms. The fourth-order valence-corrected chi connectivity index (χ4v) is 3.26. The minimum absolute atomic E-state index is 0.0502. The molecule has 0 aliphatic carbocycles. The van der Waals surface area contributed by atoms with E-state index in [1.807, 2.05) is 0 Å². The molecule has 0 atom stereocenters. The van der Waals surface area contributed by atoms with Gasteiger partial charge in [-0.25, -0.2) is 13.1 Å². The van der Waals surface area contributed by atoms with Crippen LogP contribution in [0.1, 0.15) is 6.92 Å². The first kappa shape index (κ1) is 18.8. The third-order valence-corrected chi connectivity index (χ3v) is 4.84. The molecule has 0 spiro atoms. The topological polar surface area (TPSA) is 113 Å². The third kappa shape index (κ3) is 5.21. The second-order valence-electron chi connectivity index (χ2n) is 4.91. The molecule has 0 amide bonds. The van der Waals surface area contributed by atoms with Gasteiger partial charge in [-0.3, -0.25) is 10.1 Å². The van der Waals surface area contributed by atoms with Gasteiger partial charge in [-0.05, 0) is 42.5 Å². The summed E-state index contributed by atoms with van der Waals surface area (Å²) >= 11 is 5.15. The van der Waals surface area contributed by atoms with Crippen molar-refractivity contribution in [1.29, 1.82) is 0 Å². The lowest BCUT2D eigenvalue weighted by Crippen LogP contribution is -2.23. The van der Waals surface area contributed by atoms with Crippen LogP contribution >= 0.6 is 12.2 Å². The number of benzene rings is 2. The van der Waals surface area contributed by atoms with Gasteiger partial charge in [-0.1, -0.05) is 13.0 Å². The average molecular weight is 380 g/mol. The van der Waals surface area contributed by atoms with Crippen LogP contribution in [-0.2, 0) is 10.0 Å². The molecule has 132 valence electrons. The Hall–Kier alpha value is -2.56. The van der Waals surface area contributed by atoms with Crippen LogP contribution in [0.4, 0.5) is 17.1 Å². The zero-order valence-corrected chi connectivity index (χ0v) is 14.9. The minimum Gasteiger partial charge on any atom is -0.332 e. The van der Waals surface area contributed by atoms with Gasteiger partial charge in [0, 0.05) is 30.1 Å². The summed E-state index contributed by atoms with van der Waals surface area (Å²) in [4.78, 5) is 10.4. The fourth-order valence-electron chi connectivity index (χ4n) is 1.98. The molecule has 2 rings (SSSR count). The second kappa shape index (κ2) is 8.01. The first-order valence-corrected chi connectivity index (χ1v) is 9.13. The fraction of sp³-hybridized carbons (Fsp3) is 0.133. The van der Waals surface area contributed by atoms with E-state index in [0.29, 0.717) is 17.9 Å². The number of sulfonamides is 1. The summed E-state index contributed by atoms with van der Waals surface area (Å²) in [6.07, 6.45) is 0. The summed E-state index contributed by atoms with van der Waals surface area (Å²) in [5.41, 5.74) is 1.00. The van der Waals surface area contributed by atoms with Gasteiger partial charge in [-0.2, -0.15) is 0 Å². The zero-order valence-electron chi connectivity index (χ0n) is 13.2. The predicted molar refractivity (Wildman–Crippen MR) is 100 cm³/mol. The molecule has 0 bridgehead atoms. The van der Waals surface area contributed by atoms with Gasteiger partial charge in [0.05, 0.1) is 9.82 Å². The van der Waals surface area contributed by atoms with E-state index in [9.17, 15) is 18.5 Å². The third-order valence-electron chi connectivity index (χ3n) is 3.07. The number of hydrogen-bond donors (Lipinski definition) is 3. The molecule has 0 saturated carbocycles. The van der Waals surface area contributed by atoms with Crippen LogP contribution in [0.5, 0.6) is 0 Å². The van der Waals surface area contributed by atoms with E-state index in [4.69, 9.17) is 12.2 Å². The van der Waals surface area contributed by atoms with E-state index in [1.54, 1.807) is 31.2 Å². The highest BCUT2D eigenvalue weighted by atomic mass is 32.2. The first-order chi connectivity index (χ1) is 11.8. The van der Waals surface area contributed by atoms with Crippen molar-refractivity contribution in [2.24, 2.45) is 0 Å². The van der Waals surface area contributed by atoms with Crippen LogP contribution in [-0.4, -0.2) is 25.0 Å². The molecule has 2 aromatic carbocycles. The predicted octanol–water partition coefficient (Wildman–Crippen LogP) is 2.70. The number of nitrogens with zero attached hydrogens (tertiary/aromatic N) is 1. The normalized spacial score (nSPS) is 10.9. The average Bonchev–Trinajstić information content (AvgIpc) is 2.55. The van der Waals surface area contributed by atoms with Crippen LogP contribution in [0.2, 0.25) is 0 Å². The second-order valence-corrected chi connectivity index (χ2v) is 7.09. The van der Waals surface area contributed by atoms with E-state index in [0.717, 1.165) is 0 Å². The van der Waals surface area contributed by atoms with Gasteiger partial charge in [0.2, 0.25) is 10.0 Å². The molecule has 2 aromatic rings. The van der Waals surface area contributed by atoms with Gasteiger partial charge in [0.1, 0.15) is 0 Å². The number of nitro benzene ring substituents is 1. The summed E-state index contributed by atoms with van der Waals surface area (Å²) in [7, 11) is -3.51. The molecule has 0 unspecified atom stereocenters. The molecular formula is C15H16N4O4S2. The van der Waals surface area contributed by atoms with Gasteiger partial charge in [0.25, 0.3) is 5.69 Å². The van der Waals surface area contributed by atoms with Gasteiger partial charge >= 0.3 is 0 Å². The summed E-state index contributed by atoms with van der Waals surface area (Å²) in [6, 6.07) is 12.0. The van der Waals surface area contributed by atoms with E-state index in [1.165, 1.54) is 24.3 Å². The molecule has 3 N–H and O–H groups in total. The summed E-state index contributed by atoms with van der Waals surface area (Å²) in [5, 5.41) is 16.7. The van der Waals surface area contributed by atoms with E-state index < -0.39 is 14.9 Å². The number of thiocarbonyl (C=S) groups is 1.